The molecule has 0 fully saturated rings. The first-order valence-corrected chi connectivity index (χ1v) is 10.4. The van der Waals surface area contributed by atoms with Gasteiger partial charge in [-0.2, -0.15) is 0 Å². The molecular formula is C22H40S. The van der Waals surface area contributed by atoms with E-state index in [0.29, 0.717) is 0 Å². The Morgan fingerprint density at radius 2 is 1.00 bits per heavy atom. The van der Waals surface area contributed by atoms with E-state index in [1.54, 1.807) is 20.9 Å². The number of thiophene rings is 1. The van der Waals surface area contributed by atoms with Crippen LogP contribution in [0, 0.1) is 11.8 Å². The molecule has 1 aromatic heterocycles. The lowest BCUT2D eigenvalue weighted by Crippen LogP contribution is -2.16. The molecule has 0 saturated heterocycles. The molecule has 2 atom stereocenters. The molecule has 0 spiro atoms. The van der Waals surface area contributed by atoms with Crippen molar-refractivity contribution >= 4 is 11.3 Å². The van der Waals surface area contributed by atoms with E-state index in [1.807, 2.05) is 0 Å². The van der Waals surface area contributed by atoms with E-state index in [4.69, 9.17) is 0 Å². The van der Waals surface area contributed by atoms with Crippen LogP contribution in [-0.2, 0) is 23.7 Å². The van der Waals surface area contributed by atoms with Gasteiger partial charge < -0.3 is 0 Å². The second-order valence-electron chi connectivity index (χ2n) is 9.65. The third-order valence-electron chi connectivity index (χ3n) is 4.98. The minimum Gasteiger partial charge on any atom is -0.144 e. The first-order valence-electron chi connectivity index (χ1n) is 9.57. The highest BCUT2D eigenvalue weighted by Crippen LogP contribution is 2.44. The van der Waals surface area contributed by atoms with Crippen LogP contribution in [0.4, 0.5) is 0 Å². The minimum absolute atomic E-state index is 0.251. The summed E-state index contributed by atoms with van der Waals surface area (Å²) in [6.45, 7) is 23.8. The van der Waals surface area contributed by atoms with Gasteiger partial charge in [0.1, 0.15) is 0 Å². The Morgan fingerprint density at radius 1 is 0.696 bits per heavy atom. The van der Waals surface area contributed by atoms with Gasteiger partial charge >= 0.3 is 0 Å². The Kier molecular flexibility index (Phi) is 6.96. The molecule has 0 aromatic carbocycles. The van der Waals surface area contributed by atoms with E-state index >= 15 is 0 Å². The minimum atomic E-state index is 0.251. The van der Waals surface area contributed by atoms with E-state index in [0.717, 1.165) is 11.8 Å². The van der Waals surface area contributed by atoms with E-state index in [9.17, 15) is 0 Å². The van der Waals surface area contributed by atoms with Crippen molar-refractivity contribution in [1.82, 2.24) is 0 Å². The van der Waals surface area contributed by atoms with Crippen molar-refractivity contribution in [3.63, 3.8) is 0 Å². The average Bonchev–Trinajstić information content (AvgIpc) is 2.77. The monoisotopic (exact) mass is 336 g/mol. The van der Waals surface area contributed by atoms with Crippen LogP contribution in [0.2, 0.25) is 0 Å². The van der Waals surface area contributed by atoms with Gasteiger partial charge in [0.2, 0.25) is 0 Å². The van der Waals surface area contributed by atoms with Crippen molar-refractivity contribution in [2.75, 3.05) is 0 Å². The van der Waals surface area contributed by atoms with Gasteiger partial charge in [-0.15, -0.1) is 11.3 Å². The number of hydrogen-bond acceptors (Lipinski definition) is 1. The van der Waals surface area contributed by atoms with Crippen molar-refractivity contribution in [3.05, 3.63) is 20.9 Å². The normalized spacial score (nSPS) is 15.7. The summed E-state index contributed by atoms with van der Waals surface area (Å²) in [7, 11) is 0. The van der Waals surface area contributed by atoms with Crippen LogP contribution in [0.3, 0.4) is 0 Å². The fourth-order valence-electron chi connectivity index (χ4n) is 3.13. The maximum atomic E-state index is 2.41. The van der Waals surface area contributed by atoms with E-state index in [-0.39, 0.29) is 10.8 Å². The molecule has 1 heteroatoms. The van der Waals surface area contributed by atoms with Crippen LogP contribution in [0.25, 0.3) is 0 Å². The number of hydrogen-bond donors (Lipinski definition) is 0. The summed E-state index contributed by atoms with van der Waals surface area (Å²) >= 11 is 2.10. The summed E-state index contributed by atoms with van der Waals surface area (Å²) < 4.78 is 0. The van der Waals surface area contributed by atoms with Gasteiger partial charge in [-0.25, -0.2) is 0 Å². The van der Waals surface area contributed by atoms with Gasteiger partial charge in [-0.3, -0.25) is 0 Å². The SMILES string of the molecule is CCC(C)Cc1c(C(C)(C)C)sc(C(C)(C)C)c1CC(C)CC. The summed E-state index contributed by atoms with van der Waals surface area (Å²) in [4.78, 5) is 3.28. The zero-order chi connectivity index (χ0) is 18.0. The first kappa shape index (κ1) is 20.7. The topological polar surface area (TPSA) is 0 Å². The molecule has 0 aliphatic carbocycles. The first-order chi connectivity index (χ1) is 10.4. The second-order valence-corrected chi connectivity index (χ2v) is 10.7. The van der Waals surface area contributed by atoms with Gasteiger partial charge in [0.15, 0.2) is 0 Å². The quantitative estimate of drug-likeness (QED) is 0.504. The highest BCUT2D eigenvalue weighted by molar-refractivity contribution is 7.12. The maximum Gasteiger partial charge on any atom is 0.0137 e. The van der Waals surface area contributed by atoms with Crippen LogP contribution >= 0.6 is 11.3 Å². The van der Waals surface area contributed by atoms with Gasteiger partial charge in [-0.1, -0.05) is 82.1 Å². The third kappa shape index (κ3) is 5.34. The van der Waals surface area contributed by atoms with E-state index in [2.05, 4.69) is 80.6 Å². The summed E-state index contributed by atoms with van der Waals surface area (Å²) in [5.41, 5.74) is 3.90. The molecule has 0 N–H and O–H groups in total. The second kappa shape index (κ2) is 7.72. The van der Waals surface area contributed by atoms with Crippen molar-refractivity contribution in [3.8, 4) is 0 Å². The highest BCUT2D eigenvalue weighted by Gasteiger charge is 2.31. The molecule has 0 aliphatic heterocycles. The maximum absolute atomic E-state index is 2.41. The standard InChI is InChI=1S/C22H40S/c1-11-15(3)13-17-18(14-16(4)12-2)20(22(8,9)10)23-19(17)21(5,6)7/h15-16H,11-14H2,1-10H3. The van der Waals surface area contributed by atoms with Crippen LogP contribution in [0.1, 0.15) is 103 Å². The molecule has 0 amide bonds. The van der Waals surface area contributed by atoms with Crippen molar-refractivity contribution in [1.29, 1.82) is 0 Å². The predicted molar refractivity (Wildman–Crippen MR) is 108 cm³/mol. The Morgan fingerprint density at radius 3 is 1.22 bits per heavy atom. The molecule has 0 aliphatic rings. The molecule has 1 aromatic rings. The van der Waals surface area contributed by atoms with Crippen molar-refractivity contribution in [2.45, 2.75) is 106 Å². The van der Waals surface area contributed by atoms with Crippen molar-refractivity contribution < 1.29 is 0 Å². The molecule has 0 bridgehead atoms. The van der Waals surface area contributed by atoms with Crippen LogP contribution in [0.5, 0.6) is 0 Å². The predicted octanol–water partition coefficient (Wildman–Crippen LogP) is 7.52. The van der Waals surface area contributed by atoms with Gasteiger partial charge in [-0.05, 0) is 46.6 Å². The van der Waals surface area contributed by atoms with E-state index < -0.39 is 0 Å². The largest absolute Gasteiger partial charge is 0.144 e. The average molecular weight is 337 g/mol. The molecule has 0 radical (unpaired) electrons. The molecule has 0 nitrogen and oxygen atoms in total. The summed E-state index contributed by atoms with van der Waals surface area (Å²) in [5, 5.41) is 0. The van der Waals surface area contributed by atoms with Crippen LogP contribution in [0.15, 0.2) is 0 Å². The Hall–Kier alpha value is -0.300. The fraction of sp³-hybridized carbons (Fsp3) is 0.818. The molecule has 1 rings (SSSR count). The lowest BCUT2D eigenvalue weighted by molar-refractivity contribution is 0.517. The smallest absolute Gasteiger partial charge is 0.0137 e. The number of rotatable bonds is 6. The zero-order valence-corrected chi connectivity index (χ0v) is 18.2. The fourth-order valence-corrected chi connectivity index (χ4v) is 4.60. The van der Waals surface area contributed by atoms with E-state index in [1.165, 1.54) is 25.7 Å². The van der Waals surface area contributed by atoms with Crippen LogP contribution < -0.4 is 0 Å². The molecule has 23 heavy (non-hydrogen) atoms. The highest BCUT2D eigenvalue weighted by atomic mass is 32.1. The third-order valence-corrected chi connectivity index (χ3v) is 7.10. The Balaban J connectivity index is 3.53. The lowest BCUT2D eigenvalue weighted by atomic mass is 9.81. The molecule has 1 heterocycles. The molecule has 134 valence electrons. The Labute approximate surface area is 150 Å². The summed E-state index contributed by atoms with van der Waals surface area (Å²) in [6, 6.07) is 0. The van der Waals surface area contributed by atoms with Crippen LogP contribution in [-0.4, -0.2) is 0 Å². The van der Waals surface area contributed by atoms with Gasteiger partial charge in [0.05, 0.1) is 0 Å². The molecular weight excluding hydrogens is 296 g/mol. The Bertz CT molecular complexity index is 449. The molecule has 2 unspecified atom stereocenters. The lowest BCUT2D eigenvalue weighted by Gasteiger charge is -2.23. The zero-order valence-electron chi connectivity index (χ0n) is 17.4. The summed E-state index contributed by atoms with van der Waals surface area (Å²) in [6.07, 6.45) is 5.04. The summed E-state index contributed by atoms with van der Waals surface area (Å²) in [5.74, 6) is 1.54. The van der Waals surface area contributed by atoms with Crippen molar-refractivity contribution in [2.24, 2.45) is 11.8 Å². The van der Waals surface area contributed by atoms with Gasteiger partial charge in [0.25, 0.3) is 0 Å². The van der Waals surface area contributed by atoms with Gasteiger partial charge in [0, 0.05) is 9.75 Å². The molecule has 0 saturated carbocycles.